The quantitative estimate of drug-likeness (QED) is 0.626. The fourth-order valence-electron chi connectivity index (χ4n) is 3.25. The van der Waals surface area contributed by atoms with E-state index in [0.717, 1.165) is 44.1 Å². The lowest BCUT2D eigenvalue weighted by molar-refractivity contribution is -0.131. The van der Waals surface area contributed by atoms with Crippen LogP contribution < -0.4 is 15.8 Å². The zero-order valence-electron chi connectivity index (χ0n) is 15.4. The average molecular weight is 364 g/mol. The lowest BCUT2D eigenvalue weighted by Gasteiger charge is -2.20. The zero-order valence-corrected chi connectivity index (χ0v) is 15.4. The van der Waals surface area contributed by atoms with Crippen molar-refractivity contribution in [3.8, 4) is 5.75 Å². The molecule has 1 saturated carbocycles. The molecule has 0 aromatic heterocycles. The molecule has 0 bridgehead atoms. The lowest BCUT2D eigenvalue weighted by atomic mass is 10.0. The number of ether oxygens (including phenoxy) is 1. The molecule has 3 N–H and O–H groups in total. The van der Waals surface area contributed by atoms with Gasteiger partial charge >= 0.3 is 0 Å². The topological polar surface area (TPSA) is 81.4 Å². The van der Waals surface area contributed by atoms with E-state index in [1.165, 1.54) is 6.07 Å². The fourth-order valence-corrected chi connectivity index (χ4v) is 3.25. The molecule has 1 atom stereocenters. The Labute approximate surface area is 154 Å². The van der Waals surface area contributed by atoms with Crippen LogP contribution in [0.4, 0.5) is 4.39 Å². The minimum atomic E-state index is -0.609. The van der Waals surface area contributed by atoms with Gasteiger partial charge in [-0.3, -0.25) is 9.59 Å². The number of halogens is 1. The van der Waals surface area contributed by atoms with Crippen LogP contribution in [0.3, 0.4) is 0 Å². The molecule has 0 aliphatic heterocycles. The van der Waals surface area contributed by atoms with Crippen molar-refractivity contribution in [1.29, 1.82) is 0 Å². The van der Waals surface area contributed by atoms with Crippen LogP contribution in [0.25, 0.3) is 0 Å². The second-order valence-corrected chi connectivity index (χ2v) is 7.02. The maximum absolute atomic E-state index is 13.8. The van der Waals surface area contributed by atoms with Gasteiger partial charge in [-0.05, 0) is 63.3 Å². The van der Waals surface area contributed by atoms with Crippen molar-refractivity contribution in [2.75, 3.05) is 13.2 Å². The summed E-state index contributed by atoms with van der Waals surface area (Å²) in [6.07, 6.45) is 5.92. The average Bonchev–Trinajstić information content (AvgIpc) is 3.16. The first-order chi connectivity index (χ1) is 12.5. The Morgan fingerprint density at radius 1 is 1.31 bits per heavy atom. The summed E-state index contributed by atoms with van der Waals surface area (Å²) in [5, 5.41) is 2.88. The largest absolute Gasteiger partial charge is 0.483 e. The van der Waals surface area contributed by atoms with E-state index in [0.29, 0.717) is 13.0 Å². The predicted octanol–water partition coefficient (Wildman–Crippen LogP) is 2.89. The number of Topliss-reactive ketones (excluding diaryl/α,β-unsaturated/α-hetero) is 1. The molecular formula is C20H29FN2O3. The molecule has 0 radical (unpaired) electrons. The number of benzene rings is 1. The van der Waals surface area contributed by atoms with Crippen LogP contribution >= 0.6 is 0 Å². The van der Waals surface area contributed by atoms with Gasteiger partial charge in [0.05, 0.1) is 6.04 Å². The highest BCUT2D eigenvalue weighted by Gasteiger charge is 2.27. The third kappa shape index (κ3) is 6.09. The maximum atomic E-state index is 13.8. The van der Waals surface area contributed by atoms with Gasteiger partial charge in [0.15, 0.2) is 17.3 Å². The number of rotatable bonds is 10. The first kappa shape index (κ1) is 20.4. The van der Waals surface area contributed by atoms with Crippen LogP contribution in [0.5, 0.6) is 5.75 Å². The number of nitrogens with two attached hydrogens (primary N) is 1. The standard InChI is InChI=1S/C20H29FN2O3/c1-14-9-10-16(21)19(12-14)26-13-18(24)17(8-4-5-11-22)23-20(25)15-6-2-3-7-15/h9-10,12,15,17H,2-8,11,13,22H2,1H3,(H,23,25). The lowest BCUT2D eigenvalue weighted by Crippen LogP contribution is -2.45. The molecule has 0 heterocycles. The molecule has 1 aliphatic carbocycles. The van der Waals surface area contributed by atoms with Crippen molar-refractivity contribution in [3.63, 3.8) is 0 Å². The summed E-state index contributed by atoms with van der Waals surface area (Å²) >= 11 is 0. The van der Waals surface area contributed by atoms with E-state index in [9.17, 15) is 14.0 Å². The number of hydrogen-bond acceptors (Lipinski definition) is 4. The highest BCUT2D eigenvalue weighted by molar-refractivity contribution is 5.90. The highest BCUT2D eigenvalue weighted by atomic mass is 19.1. The molecule has 2 rings (SSSR count). The number of hydrogen-bond donors (Lipinski definition) is 2. The van der Waals surface area contributed by atoms with Gasteiger partial charge in [0.25, 0.3) is 0 Å². The van der Waals surface area contributed by atoms with Crippen LogP contribution in [0, 0.1) is 18.7 Å². The summed E-state index contributed by atoms with van der Waals surface area (Å²) < 4.78 is 19.1. The summed E-state index contributed by atoms with van der Waals surface area (Å²) in [5.74, 6) is -0.751. The molecule has 1 amide bonds. The monoisotopic (exact) mass is 364 g/mol. The number of unbranched alkanes of at least 4 members (excludes halogenated alkanes) is 1. The van der Waals surface area contributed by atoms with Gasteiger partial charge in [-0.1, -0.05) is 18.9 Å². The molecule has 1 fully saturated rings. The Morgan fingerprint density at radius 3 is 2.73 bits per heavy atom. The van der Waals surface area contributed by atoms with Crippen molar-refractivity contribution in [1.82, 2.24) is 5.32 Å². The first-order valence-corrected chi connectivity index (χ1v) is 9.43. The summed E-state index contributed by atoms with van der Waals surface area (Å²) in [6, 6.07) is 3.91. The van der Waals surface area contributed by atoms with E-state index in [1.54, 1.807) is 12.1 Å². The summed E-state index contributed by atoms with van der Waals surface area (Å²) in [5.41, 5.74) is 6.37. The highest BCUT2D eigenvalue weighted by Crippen LogP contribution is 2.25. The van der Waals surface area contributed by atoms with E-state index < -0.39 is 11.9 Å². The van der Waals surface area contributed by atoms with E-state index in [4.69, 9.17) is 10.5 Å². The molecule has 1 aromatic rings. The number of amides is 1. The molecule has 1 aromatic carbocycles. The number of nitrogens with one attached hydrogen (secondary N) is 1. The molecule has 1 aliphatic rings. The maximum Gasteiger partial charge on any atom is 0.223 e. The van der Waals surface area contributed by atoms with Crippen LogP contribution in [0.15, 0.2) is 18.2 Å². The van der Waals surface area contributed by atoms with Gasteiger partial charge in [0.1, 0.15) is 6.61 Å². The fraction of sp³-hybridized carbons (Fsp3) is 0.600. The van der Waals surface area contributed by atoms with Crippen LogP contribution in [0.1, 0.15) is 50.5 Å². The number of carbonyl (C=O) groups excluding carboxylic acids is 2. The molecule has 5 nitrogen and oxygen atoms in total. The molecule has 6 heteroatoms. The Kier molecular flexibility index (Phi) is 8.04. The van der Waals surface area contributed by atoms with Gasteiger partial charge < -0.3 is 15.8 Å². The Bertz CT molecular complexity index is 615. The summed E-state index contributed by atoms with van der Waals surface area (Å²) in [7, 11) is 0. The van der Waals surface area contributed by atoms with Crippen LogP contribution in [-0.2, 0) is 9.59 Å². The minimum absolute atomic E-state index is 0.00468. The third-order valence-corrected chi connectivity index (χ3v) is 4.83. The van der Waals surface area contributed by atoms with Gasteiger partial charge in [0.2, 0.25) is 5.91 Å². The summed E-state index contributed by atoms with van der Waals surface area (Å²) in [6.45, 7) is 2.10. The molecular weight excluding hydrogens is 335 g/mol. The molecule has 0 saturated heterocycles. The van der Waals surface area contributed by atoms with Gasteiger partial charge in [0, 0.05) is 5.92 Å². The predicted molar refractivity (Wildman–Crippen MR) is 98.4 cm³/mol. The second kappa shape index (κ2) is 10.3. The van der Waals surface area contributed by atoms with E-state index in [1.807, 2.05) is 6.92 Å². The molecule has 144 valence electrons. The Morgan fingerprint density at radius 2 is 2.04 bits per heavy atom. The van der Waals surface area contributed by atoms with Gasteiger partial charge in [-0.15, -0.1) is 0 Å². The Hall–Kier alpha value is -1.95. The van der Waals surface area contributed by atoms with E-state index >= 15 is 0 Å². The van der Waals surface area contributed by atoms with Gasteiger partial charge in [-0.2, -0.15) is 0 Å². The zero-order chi connectivity index (χ0) is 18.9. The number of carbonyl (C=O) groups is 2. The number of ketones is 1. The summed E-state index contributed by atoms with van der Waals surface area (Å²) in [4.78, 5) is 24.9. The van der Waals surface area contributed by atoms with Crippen molar-refractivity contribution in [2.24, 2.45) is 11.7 Å². The third-order valence-electron chi connectivity index (χ3n) is 4.83. The van der Waals surface area contributed by atoms with E-state index in [2.05, 4.69) is 5.32 Å². The van der Waals surface area contributed by atoms with Gasteiger partial charge in [-0.25, -0.2) is 4.39 Å². The SMILES string of the molecule is Cc1ccc(F)c(OCC(=O)C(CCCCN)NC(=O)C2CCCC2)c1. The molecule has 0 spiro atoms. The van der Waals surface area contributed by atoms with Crippen molar-refractivity contribution in [3.05, 3.63) is 29.6 Å². The molecule has 26 heavy (non-hydrogen) atoms. The van der Waals surface area contributed by atoms with Crippen molar-refractivity contribution >= 4 is 11.7 Å². The normalized spacial score (nSPS) is 15.7. The van der Waals surface area contributed by atoms with Crippen molar-refractivity contribution < 1.29 is 18.7 Å². The minimum Gasteiger partial charge on any atom is -0.483 e. The molecule has 1 unspecified atom stereocenters. The van der Waals surface area contributed by atoms with E-state index in [-0.39, 0.29) is 30.0 Å². The second-order valence-electron chi connectivity index (χ2n) is 7.02. The van der Waals surface area contributed by atoms with Crippen LogP contribution in [-0.4, -0.2) is 30.9 Å². The smallest absolute Gasteiger partial charge is 0.223 e. The first-order valence-electron chi connectivity index (χ1n) is 9.43. The van der Waals surface area contributed by atoms with Crippen molar-refractivity contribution in [2.45, 2.75) is 57.9 Å². The number of aryl methyl sites for hydroxylation is 1. The van der Waals surface area contributed by atoms with Crippen LogP contribution in [0.2, 0.25) is 0 Å². The Balaban J connectivity index is 1.94.